The van der Waals surface area contributed by atoms with Gasteiger partial charge in [0.1, 0.15) is 6.54 Å². The third-order valence-corrected chi connectivity index (χ3v) is 3.57. The van der Waals surface area contributed by atoms with Crippen molar-refractivity contribution in [3.8, 4) is 0 Å². The monoisotopic (exact) mass is 293 g/mol. The summed E-state index contributed by atoms with van der Waals surface area (Å²) in [4.78, 5) is 42.4. The second kappa shape index (κ2) is 6.49. The fourth-order valence-corrected chi connectivity index (χ4v) is 2.33. The summed E-state index contributed by atoms with van der Waals surface area (Å²) in [5.41, 5.74) is 4.90. The average molecular weight is 293 g/mol. The van der Waals surface area contributed by atoms with Crippen molar-refractivity contribution in [1.82, 2.24) is 19.4 Å². The van der Waals surface area contributed by atoms with Crippen LogP contribution in [0, 0.1) is 5.92 Å². The Morgan fingerprint density at radius 2 is 2.14 bits per heavy atom. The first-order valence-corrected chi connectivity index (χ1v) is 6.74. The SMILES string of the molecule is CN1CCN(C(=O)Cn2cccnc2=O)C[C@H](C(N)=O)C1. The molecule has 0 bridgehead atoms. The van der Waals surface area contributed by atoms with Crippen LogP contribution in [0.1, 0.15) is 0 Å². The van der Waals surface area contributed by atoms with Gasteiger partial charge in [-0.3, -0.25) is 14.2 Å². The molecule has 2 amide bonds. The summed E-state index contributed by atoms with van der Waals surface area (Å²) in [5, 5.41) is 0. The number of aromatic nitrogens is 2. The molecule has 1 aliphatic heterocycles. The fraction of sp³-hybridized carbons (Fsp3) is 0.538. The average Bonchev–Trinajstić information content (AvgIpc) is 2.63. The van der Waals surface area contributed by atoms with Gasteiger partial charge in [0.05, 0.1) is 5.92 Å². The highest BCUT2D eigenvalue weighted by atomic mass is 16.2. The summed E-state index contributed by atoms with van der Waals surface area (Å²) >= 11 is 0. The molecule has 1 aliphatic rings. The Bertz CT molecular complexity index is 585. The summed E-state index contributed by atoms with van der Waals surface area (Å²) in [6.45, 7) is 1.91. The quantitative estimate of drug-likeness (QED) is 0.703. The number of nitrogens with two attached hydrogens (primary N) is 1. The Morgan fingerprint density at radius 1 is 1.38 bits per heavy atom. The van der Waals surface area contributed by atoms with Gasteiger partial charge in [0.2, 0.25) is 11.8 Å². The van der Waals surface area contributed by atoms with Crippen LogP contribution in [-0.2, 0) is 16.1 Å². The number of nitrogens with zero attached hydrogens (tertiary/aromatic N) is 4. The first-order chi connectivity index (χ1) is 9.97. The topological polar surface area (TPSA) is 102 Å². The van der Waals surface area contributed by atoms with Crippen LogP contribution in [0.3, 0.4) is 0 Å². The number of carbonyl (C=O) groups excluding carboxylic acids is 2. The highest BCUT2D eigenvalue weighted by Crippen LogP contribution is 2.09. The molecular weight excluding hydrogens is 274 g/mol. The van der Waals surface area contributed by atoms with Crippen LogP contribution in [-0.4, -0.2) is 64.4 Å². The van der Waals surface area contributed by atoms with Crippen molar-refractivity contribution in [2.45, 2.75) is 6.54 Å². The lowest BCUT2D eigenvalue weighted by molar-refractivity contribution is -0.133. The van der Waals surface area contributed by atoms with Gasteiger partial charge in [-0.15, -0.1) is 0 Å². The van der Waals surface area contributed by atoms with Crippen molar-refractivity contribution in [1.29, 1.82) is 0 Å². The van der Waals surface area contributed by atoms with Crippen molar-refractivity contribution in [3.05, 3.63) is 28.9 Å². The van der Waals surface area contributed by atoms with Crippen LogP contribution in [0.2, 0.25) is 0 Å². The molecule has 1 aromatic heterocycles. The summed E-state index contributed by atoms with van der Waals surface area (Å²) < 4.78 is 1.25. The maximum atomic E-state index is 12.3. The van der Waals surface area contributed by atoms with Crippen LogP contribution >= 0.6 is 0 Å². The molecule has 8 nitrogen and oxygen atoms in total. The normalized spacial score (nSPS) is 20.0. The third kappa shape index (κ3) is 3.88. The summed E-state index contributed by atoms with van der Waals surface area (Å²) in [6.07, 6.45) is 2.90. The van der Waals surface area contributed by atoms with Crippen LogP contribution in [0.15, 0.2) is 23.3 Å². The van der Waals surface area contributed by atoms with Gasteiger partial charge in [-0.05, 0) is 13.1 Å². The number of primary amides is 1. The fourth-order valence-electron chi connectivity index (χ4n) is 2.33. The van der Waals surface area contributed by atoms with Gasteiger partial charge in [0.25, 0.3) is 0 Å². The van der Waals surface area contributed by atoms with E-state index in [1.54, 1.807) is 11.0 Å². The predicted octanol–water partition coefficient (Wildman–Crippen LogP) is -1.88. The highest BCUT2D eigenvalue weighted by Gasteiger charge is 2.27. The zero-order chi connectivity index (χ0) is 15.4. The molecule has 0 unspecified atom stereocenters. The van der Waals surface area contributed by atoms with Crippen molar-refractivity contribution in [2.75, 3.05) is 33.2 Å². The van der Waals surface area contributed by atoms with E-state index in [0.29, 0.717) is 19.6 Å². The molecule has 1 atom stereocenters. The molecule has 2 N–H and O–H groups in total. The minimum Gasteiger partial charge on any atom is -0.369 e. The smallest absolute Gasteiger partial charge is 0.347 e. The van der Waals surface area contributed by atoms with Crippen molar-refractivity contribution in [3.63, 3.8) is 0 Å². The Kier molecular flexibility index (Phi) is 4.69. The Morgan fingerprint density at radius 3 is 2.81 bits per heavy atom. The van der Waals surface area contributed by atoms with E-state index in [1.165, 1.54) is 17.0 Å². The molecule has 8 heteroatoms. The highest BCUT2D eigenvalue weighted by molar-refractivity contribution is 5.80. The van der Waals surface area contributed by atoms with E-state index < -0.39 is 17.5 Å². The molecule has 2 rings (SSSR count). The van der Waals surface area contributed by atoms with Gasteiger partial charge in [-0.2, -0.15) is 0 Å². The second-order valence-electron chi connectivity index (χ2n) is 5.23. The van der Waals surface area contributed by atoms with Gasteiger partial charge in [0, 0.05) is 38.6 Å². The standard InChI is InChI=1S/C13H19N5O3/c1-16-5-6-17(8-10(7-16)12(14)20)11(19)9-18-4-2-3-15-13(18)21/h2-4,10H,5-9H2,1H3,(H2,14,20)/t10-/m1/s1. The Balaban J connectivity index is 2.09. The van der Waals surface area contributed by atoms with Gasteiger partial charge in [0.15, 0.2) is 0 Å². The zero-order valence-electron chi connectivity index (χ0n) is 11.9. The lowest BCUT2D eigenvalue weighted by Crippen LogP contribution is -2.42. The molecule has 0 spiro atoms. The maximum Gasteiger partial charge on any atom is 0.347 e. The predicted molar refractivity (Wildman–Crippen MR) is 75.3 cm³/mol. The van der Waals surface area contributed by atoms with Gasteiger partial charge in [-0.1, -0.05) is 0 Å². The minimum atomic E-state index is -0.468. The van der Waals surface area contributed by atoms with Crippen molar-refractivity contribution < 1.29 is 9.59 Å². The Hall–Kier alpha value is -2.22. The number of amides is 2. The van der Waals surface area contributed by atoms with Crippen molar-refractivity contribution in [2.24, 2.45) is 11.7 Å². The molecule has 1 saturated heterocycles. The van der Waals surface area contributed by atoms with E-state index >= 15 is 0 Å². The second-order valence-corrected chi connectivity index (χ2v) is 5.23. The minimum absolute atomic E-state index is 0.0815. The number of likely N-dealkylation sites (N-methyl/N-ethyl adjacent to an activating group) is 1. The molecular formula is C13H19N5O3. The first kappa shape index (κ1) is 15.2. The molecule has 0 aliphatic carbocycles. The summed E-state index contributed by atoms with van der Waals surface area (Å²) in [7, 11) is 1.88. The number of hydrogen-bond acceptors (Lipinski definition) is 5. The molecule has 0 radical (unpaired) electrons. The van der Waals surface area contributed by atoms with E-state index in [-0.39, 0.29) is 19.0 Å². The summed E-state index contributed by atoms with van der Waals surface area (Å²) in [5.74, 6) is -1.03. The number of carbonyl (C=O) groups is 2. The summed E-state index contributed by atoms with van der Waals surface area (Å²) in [6, 6.07) is 1.59. The maximum absolute atomic E-state index is 12.3. The van der Waals surface area contributed by atoms with Crippen LogP contribution in [0.25, 0.3) is 0 Å². The van der Waals surface area contributed by atoms with Crippen molar-refractivity contribution >= 4 is 11.8 Å². The first-order valence-electron chi connectivity index (χ1n) is 6.74. The van der Waals surface area contributed by atoms with Gasteiger partial charge >= 0.3 is 5.69 Å². The number of rotatable bonds is 3. The molecule has 2 heterocycles. The lowest BCUT2D eigenvalue weighted by Gasteiger charge is -2.22. The van der Waals surface area contributed by atoms with Gasteiger partial charge < -0.3 is 15.5 Å². The lowest BCUT2D eigenvalue weighted by atomic mass is 10.1. The largest absolute Gasteiger partial charge is 0.369 e. The molecule has 1 aromatic rings. The van der Waals surface area contributed by atoms with E-state index in [9.17, 15) is 14.4 Å². The van der Waals surface area contributed by atoms with E-state index in [0.717, 1.165) is 0 Å². The van der Waals surface area contributed by atoms with E-state index in [4.69, 9.17) is 5.73 Å². The van der Waals surface area contributed by atoms with Crippen LogP contribution in [0.5, 0.6) is 0 Å². The molecule has 1 fully saturated rings. The Labute approximate surface area is 122 Å². The van der Waals surface area contributed by atoms with Gasteiger partial charge in [-0.25, -0.2) is 9.78 Å². The molecule has 114 valence electrons. The van der Waals surface area contributed by atoms with E-state index in [1.807, 2.05) is 11.9 Å². The van der Waals surface area contributed by atoms with Crippen LogP contribution < -0.4 is 11.4 Å². The molecule has 21 heavy (non-hydrogen) atoms. The van der Waals surface area contributed by atoms with Crippen LogP contribution in [0.4, 0.5) is 0 Å². The number of hydrogen-bond donors (Lipinski definition) is 1. The zero-order valence-corrected chi connectivity index (χ0v) is 11.9. The molecule has 0 aromatic carbocycles. The third-order valence-electron chi connectivity index (χ3n) is 3.57. The van der Waals surface area contributed by atoms with E-state index in [2.05, 4.69) is 4.98 Å². The molecule has 0 saturated carbocycles.